The SMILES string of the molecule is CN(C)CCOCc1nnn2c1CN(C(=O)c1ccnnc1)CCC2. The summed E-state index contributed by atoms with van der Waals surface area (Å²) in [5.41, 5.74) is 2.28. The van der Waals surface area contributed by atoms with E-state index < -0.39 is 0 Å². The second-order valence-electron chi connectivity index (χ2n) is 6.27. The van der Waals surface area contributed by atoms with Crippen molar-refractivity contribution in [2.75, 3.05) is 33.8 Å². The lowest BCUT2D eigenvalue weighted by Crippen LogP contribution is -2.31. The Morgan fingerprint density at radius 1 is 1.32 bits per heavy atom. The number of aromatic nitrogens is 5. The molecule has 9 heteroatoms. The molecule has 1 aliphatic rings. The van der Waals surface area contributed by atoms with E-state index in [4.69, 9.17) is 4.74 Å². The highest BCUT2D eigenvalue weighted by atomic mass is 16.5. The molecule has 0 bridgehead atoms. The molecule has 1 amide bonds. The average Bonchev–Trinajstić information content (AvgIpc) is 2.86. The third kappa shape index (κ3) is 4.37. The van der Waals surface area contributed by atoms with Gasteiger partial charge in [0.2, 0.25) is 0 Å². The molecule has 0 spiro atoms. The van der Waals surface area contributed by atoms with Crippen LogP contribution in [0, 0.1) is 0 Å². The molecule has 25 heavy (non-hydrogen) atoms. The zero-order valence-electron chi connectivity index (χ0n) is 14.6. The first-order valence-corrected chi connectivity index (χ1v) is 8.35. The lowest BCUT2D eigenvalue weighted by molar-refractivity contribution is 0.0740. The molecule has 134 valence electrons. The Morgan fingerprint density at radius 2 is 2.20 bits per heavy atom. The number of hydrogen-bond donors (Lipinski definition) is 0. The summed E-state index contributed by atoms with van der Waals surface area (Å²) >= 11 is 0. The average molecular weight is 345 g/mol. The molecule has 0 fully saturated rings. The molecular weight excluding hydrogens is 322 g/mol. The van der Waals surface area contributed by atoms with Crippen molar-refractivity contribution >= 4 is 5.91 Å². The van der Waals surface area contributed by atoms with Crippen LogP contribution in [-0.2, 0) is 24.4 Å². The van der Waals surface area contributed by atoms with E-state index in [1.165, 1.54) is 12.4 Å². The number of fused-ring (bicyclic) bond motifs is 1. The van der Waals surface area contributed by atoms with Gasteiger partial charge in [0.15, 0.2) is 0 Å². The van der Waals surface area contributed by atoms with Crippen molar-refractivity contribution in [3.63, 3.8) is 0 Å². The van der Waals surface area contributed by atoms with Gasteiger partial charge < -0.3 is 14.5 Å². The van der Waals surface area contributed by atoms with Gasteiger partial charge in [0.1, 0.15) is 5.69 Å². The highest BCUT2D eigenvalue weighted by Crippen LogP contribution is 2.17. The molecule has 1 aliphatic heterocycles. The van der Waals surface area contributed by atoms with Crippen LogP contribution in [0.1, 0.15) is 28.2 Å². The molecule has 0 aromatic carbocycles. The Labute approximate surface area is 146 Å². The highest BCUT2D eigenvalue weighted by molar-refractivity contribution is 5.93. The number of carbonyl (C=O) groups excluding carboxylic acids is 1. The van der Waals surface area contributed by atoms with Gasteiger partial charge in [-0.05, 0) is 26.6 Å². The summed E-state index contributed by atoms with van der Waals surface area (Å²) in [6, 6.07) is 1.68. The molecular formula is C16H23N7O2. The number of likely N-dealkylation sites (N-methyl/N-ethyl adjacent to an activating group) is 1. The van der Waals surface area contributed by atoms with Gasteiger partial charge in [-0.25, -0.2) is 4.68 Å². The van der Waals surface area contributed by atoms with Crippen molar-refractivity contribution in [1.82, 2.24) is 35.0 Å². The second kappa shape index (κ2) is 8.13. The molecule has 0 radical (unpaired) electrons. The standard InChI is InChI=1S/C16H23N7O2/c1-21(2)8-9-25-12-14-15-11-22(6-3-7-23(15)20-19-14)16(24)13-4-5-17-18-10-13/h4-5,10H,3,6-9,11-12H2,1-2H3. The monoisotopic (exact) mass is 345 g/mol. The molecule has 3 rings (SSSR count). The first-order chi connectivity index (χ1) is 12.1. The highest BCUT2D eigenvalue weighted by Gasteiger charge is 2.24. The molecule has 0 unspecified atom stereocenters. The summed E-state index contributed by atoms with van der Waals surface area (Å²) in [6.45, 7) is 3.78. The van der Waals surface area contributed by atoms with Crippen LogP contribution in [0.25, 0.3) is 0 Å². The number of carbonyl (C=O) groups is 1. The van der Waals surface area contributed by atoms with E-state index in [1.807, 2.05) is 23.7 Å². The molecule has 0 aliphatic carbocycles. The van der Waals surface area contributed by atoms with E-state index >= 15 is 0 Å². The van der Waals surface area contributed by atoms with Crippen LogP contribution < -0.4 is 0 Å². The van der Waals surface area contributed by atoms with Gasteiger partial charge in [-0.3, -0.25) is 4.79 Å². The Balaban J connectivity index is 1.69. The van der Waals surface area contributed by atoms with E-state index in [0.717, 1.165) is 30.9 Å². The molecule has 2 aromatic rings. The number of ether oxygens (including phenoxy) is 1. The van der Waals surface area contributed by atoms with Crippen molar-refractivity contribution in [1.29, 1.82) is 0 Å². The molecule has 0 saturated heterocycles. The Bertz CT molecular complexity index is 702. The van der Waals surface area contributed by atoms with Crippen LogP contribution in [0.2, 0.25) is 0 Å². The Kier molecular flexibility index (Phi) is 5.67. The molecule has 9 nitrogen and oxygen atoms in total. The summed E-state index contributed by atoms with van der Waals surface area (Å²) in [4.78, 5) is 16.6. The van der Waals surface area contributed by atoms with E-state index in [2.05, 4.69) is 25.4 Å². The van der Waals surface area contributed by atoms with E-state index in [-0.39, 0.29) is 5.91 Å². The second-order valence-corrected chi connectivity index (χ2v) is 6.27. The Morgan fingerprint density at radius 3 is 2.96 bits per heavy atom. The Hall–Kier alpha value is -2.39. The minimum atomic E-state index is -0.0518. The van der Waals surface area contributed by atoms with Crippen LogP contribution in [0.4, 0.5) is 0 Å². The quantitative estimate of drug-likeness (QED) is 0.691. The van der Waals surface area contributed by atoms with E-state index in [0.29, 0.717) is 31.9 Å². The fourth-order valence-corrected chi connectivity index (χ4v) is 2.69. The maximum absolute atomic E-state index is 12.7. The predicted octanol–water partition coefficient (Wildman–Crippen LogP) is 0.192. The largest absolute Gasteiger partial charge is 0.374 e. The van der Waals surface area contributed by atoms with Gasteiger partial charge in [0.25, 0.3) is 5.91 Å². The maximum Gasteiger partial charge on any atom is 0.255 e. The van der Waals surface area contributed by atoms with Crippen LogP contribution in [0.3, 0.4) is 0 Å². The summed E-state index contributed by atoms with van der Waals surface area (Å²) in [6.07, 6.45) is 3.86. The molecule has 0 N–H and O–H groups in total. The zero-order chi connectivity index (χ0) is 17.6. The number of rotatable bonds is 6. The van der Waals surface area contributed by atoms with Gasteiger partial charge in [0, 0.05) is 19.6 Å². The topological polar surface area (TPSA) is 89.3 Å². The van der Waals surface area contributed by atoms with Crippen molar-refractivity contribution in [3.05, 3.63) is 35.4 Å². The number of amides is 1. The predicted molar refractivity (Wildman–Crippen MR) is 89.6 cm³/mol. The minimum absolute atomic E-state index is 0.0518. The molecule has 0 atom stereocenters. The van der Waals surface area contributed by atoms with Crippen molar-refractivity contribution in [3.8, 4) is 0 Å². The van der Waals surface area contributed by atoms with Gasteiger partial charge in [0.05, 0.1) is 43.4 Å². The summed E-state index contributed by atoms with van der Waals surface area (Å²) in [7, 11) is 4.01. The van der Waals surface area contributed by atoms with Crippen LogP contribution in [0.15, 0.2) is 18.5 Å². The molecule has 0 saturated carbocycles. The summed E-state index contributed by atoms with van der Waals surface area (Å²) < 4.78 is 7.57. The van der Waals surface area contributed by atoms with Gasteiger partial charge in [-0.1, -0.05) is 5.21 Å². The zero-order valence-corrected chi connectivity index (χ0v) is 14.6. The van der Waals surface area contributed by atoms with Crippen molar-refractivity contribution in [2.24, 2.45) is 0 Å². The first kappa shape index (κ1) is 17.4. The normalized spacial score (nSPS) is 14.4. The summed E-state index contributed by atoms with van der Waals surface area (Å²) in [5, 5.41) is 16.0. The van der Waals surface area contributed by atoms with Crippen LogP contribution >= 0.6 is 0 Å². The van der Waals surface area contributed by atoms with Gasteiger partial charge in [-0.2, -0.15) is 10.2 Å². The van der Waals surface area contributed by atoms with E-state index in [9.17, 15) is 4.79 Å². The number of hydrogen-bond acceptors (Lipinski definition) is 7. The molecule has 3 heterocycles. The lowest BCUT2D eigenvalue weighted by atomic mass is 10.2. The fourth-order valence-electron chi connectivity index (χ4n) is 2.69. The number of aryl methyl sites for hydroxylation is 1. The lowest BCUT2D eigenvalue weighted by Gasteiger charge is -2.20. The van der Waals surface area contributed by atoms with Crippen molar-refractivity contribution < 1.29 is 9.53 Å². The third-order valence-electron chi connectivity index (χ3n) is 4.10. The fraction of sp³-hybridized carbons (Fsp3) is 0.562. The van der Waals surface area contributed by atoms with Crippen LogP contribution in [0.5, 0.6) is 0 Å². The third-order valence-corrected chi connectivity index (χ3v) is 4.10. The summed E-state index contributed by atoms with van der Waals surface area (Å²) in [5.74, 6) is -0.0518. The number of nitrogens with zero attached hydrogens (tertiary/aromatic N) is 7. The smallest absolute Gasteiger partial charge is 0.255 e. The molecule has 2 aromatic heterocycles. The first-order valence-electron chi connectivity index (χ1n) is 8.35. The van der Waals surface area contributed by atoms with E-state index in [1.54, 1.807) is 6.07 Å². The van der Waals surface area contributed by atoms with Gasteiger partial charge >= 0.3 is 0 Å². The van der Waals surface area contributed by atoms with Crippen LogP contribution in [-0.4, -0.2) is 74.7 Å². The van der Waals surface area contributed by atoms with Gasteiger partial charge in [-0.15, -0.1) is 5.10 Å². The van der Waals surface area contributed by atoms with Crippen molar-refractivity contribution in [2.45, 2.75) is 26.1 Å². The minimum Gasteiger partial charge on any atom is -0.374 e. The maximum atomic E-state index is 12.7.